The lowest BCUT2D eigenvalue weighted by Crippen LogP contribution is -2.35. The van der Waals surface area contributed by atoms with Gasteiger partial charge < -0.3 is 14.2 Å². The maximum atomic E-state index is 12.7. The summed E-state index contributed by atoms with van der Waals surface area (Å²) in [7, 11) is 3.33. The number of aromatic nitrogens is 2. The molecule has 1 fully saturated rings. The van der Waals surface area contributed by atoms with Gasteiger partial charge in [0.2, 0.25) is 5.88 Å². The number of aryl methyl sites for hydroxylation is 1. The molecule has 1 aliphatic heterocycles. The van der Waals surface area contributed by atoms with Gasteiger partial charge in [0.25, 0.3) is 5.56 Å². The van der Waals surface area contributed by atoms with Crippen molar-refractivity contribution in [2.75, 3.05) is 25.1 Å². The third kappa shape index (κ3) is 2.99. The zero-order valence-corrected chi connectivity index (χ0v) is 16.1. The van der Waals surface area contributed by atoms with Crippen molar-refractivity contribution >= 4 is 16.6 Å². The standard InChI is InChI=1S/C22H22N4O2/c1-25-19-6-4-3-5-17(19)21(18(13-23)22(25)27)26-11-9-15(10-12-26)16-7-8-20(28-2)24-14-16/h3-8,14-15H,9-12H2,1-2H3. The number of anilines is 1. The van der Waals surface area contributed by atoms with Crippen LogP contribution in [0.25, 0.3) is 10.9 Å². The van der Waals surface area contributed by atoms with Gasteiger partial charge in [0.1, 0.15) is 11.6 Å². The Labute approximate surface area is 163 Å². The summed E-state index contributed by atoms with van der Waals surface area (Å²) in [5.74, 6) is 1.03. The molecule has 28 heavy (non-hydrogen) atoms. The summed E-state index contributed by atoms with van der Waals surface area (Å²) in [5.41, 5.74) is 2.81. The Morgan fingerprint density at radius 2 is 1.93 bits per heavy atom. The van der Waals surface area contributed by atoms with Crippen molar-refractivity contribution in [2.45, 2.75) is 18.8 Å². The van der Waals surface area contributed by atoms with Crippen LogP contribution in [0.1, 0.15) is 29.9 Å². The first-order chi connectivity index (χ1) is 13.6. The number of hydrogen-bond donors (Lipinski definition) is 0. The fourth-order valence-electron chi connectivity index (χ4n) is 4.10. The molecule has 0 aliphatic carbocycles. The van der Waals surface area contributed by atoms with Crippen LogP contribution in [0.5, 0.6) is 5.88 Å². The zero-order chi connectivity index (χ0) is 19.7. The highest BCUT2D eigenvalue weighted by atomic mass is 16.5. The average molecular weight is 374 g/mol. The fraction of sp³-hybridized carbons (Fsp3) is 0.318. The summed E-state index contributed by atoms with van der Waals surface area (Å²) in [5, 5.41) is 10.6. The largest absolute Gasteiger partial charge is 0.481 e. The Morgan fingerprint density at radius 3 is 2.57 bits per heavy atom. The predicted octanol–water partition coefficient (Wildman–Crippen LogP) is 3.20. The molecule has 0 bridgehead atoms. The molecule has 2 aromatic heterocycles. The van der Waals surface area contributed by atoms with Gasteiger partial charge in [-0.15, -0.1) is 0 Å². The van der Waals surface area contributed by atoms with E-state index in [2.05, 4.69) is 22.0 Å². The molecule has 0 N–H and O–H groups in total. The molecule has 3 aromatic rings. The molecule has 3 heterocycles. The van der Waals surface area contributed by atoms with E-state index in [0.717, 1.165) is 42.5 Å². The van der Waals surface area contributed by atoms with E-state index in [9.17, 15) is 10.1 Å². The molecule has 0 saturated carbocycles. The summed E-state index contributed by atoms with van der Waals surface area (Å²) in [4.78, 5) is 19.2. The molecule has 1 saturated heterocycles. The number of nitriles is 1. The van der Waals surface area contributed by atoms with Crippen LogP contribution in [-0.4, -0.2) is 29.8 Å². The number of ether oxygens (including phenoxy) is 1. The Hall–Kier alpha value is -3.33. The predicted molar refractivity (Wildman–Crippen MR) is 109 cm³/mol. The minimum atomic E-state index is -0.238. The molecule has 4 rings (SSSR count). The molecule has 0 atom stereocenters. The number of piperidine rings is 1. The lowest BCUT2D eigenvalue weighted by atomic mass is 9.90. The van der Waals surface area contributed by atoms with Crippen LogP contribution in [0.15, 0.2) is 47.4 Å². The molecular formula is C22H22N4O2. The number of para-hydroxylation sites is 1. The van der Waals surface area contributed by atoms with Gasteiger partial charge in [0.15, 0.2) is 0 Å². The summed E-state index contributed by atoms with van der Waals surface area (Å²) < 4.78 is 6.70. The number of methoxy groups -OCH3 is 1. The van der Waals surface area contributed by atoms with E-state index in [1.165, 1.54) is 5.56 Å². The molecule has 0 spiro atoms. The second-order valence-corrected chi connectivity index (χ2v) is 7.11. The van der Waals surface area contributed by atoms with Crippen LogP contribution in [0.4, 0.5) is 5.69 Å². The maximum absolute atomic E-state index is 12.7. The van der Waals surface area contributed by atoms with Crippen molar-refractivity contribution in [3.63, 3.8) is 0 Å². The van der Waals surface area contributed by atoms with Crippen LogP contribution in [-0.2, 0) is 7.05 Å². The van der Waals surface area contributed by atoms with E-state index in [1.807, 2.05) is 36.5 Å². The molecule has 6 nitrogen and oxygen atoms in total. The lowest BCUT2D eigenvalue weighted by molar-refractivity contribution is 0.396. The minimum absolute atomic E-state index is 0.228. The van der Waals surface area contributed by atoms with Gasteiger partial charge in [-0.3, -0.25) is 4.79 Å². The highest BCUT2D eigenvalue weighted by molar-refractivity contribution is 5.94. The van der Waals surface area contributed by atoms with E-state index in [0.29, 0.717) is 11.8 Å². The number of nitrogens with zero attached hydrogens (tertiary/aromatic N) is 4. The minimum Gasteiger partial charge on any atom is -0.481 e. The third-order valence-electron chi connectivity index (χ3n) is 5.64. The third-order valence-corrected chi connectivity index (χ3v) is 5.64. The highest BCUT2D eigenvalue weighted by Crippen LogP contribution is 2.34. The molecule has 0 radical (unpaired) electrons. The second kappa shape index (κ2) is 7.35. The number of pyridine rings is 2. The lowest BCUT2D eigenvalue weighted by Gasteiger charge is -2.35. The van der Waals surface area contributed by atoms with Gasteiger partial charge in [-0.2, -0.15) is 5.26 Å². The van der Waals surface area contributed by atoms with Crippen molar-refractivity contribution in [3.8, 4) is 11.9 Å². The SMILES string of the molecule is COc1ccc(C2CCN(c3c(C#N)c(=O)n(C)c4ccccc34)CC2)cn1. The fourth-order valence-corrected chi connectivity index (χ4v) is 4.10. The van der Waals surface area contributed by atoms with Gasteiger partial charge >= 0.3 is 0 Å². The van der Waals surface area contributed by atoms with Crippen molar-refractivity contribution in [1.29, 1.82) is 5.26 Å². The van der Waals surface area contributed by atoms with Gasteiger partial charge in [0.05, 0.1) is 18.3 Å². The van der Waals surface area contributed by atoms with Crippen LogP contribution >= 0.6 is 0 Å². The zero-order valence-electron chi connectivity index (χ0n) is 16.1. The first-order valence-electron chi connectivity index (χ1n) is 9.40. The molecule has 0 amide bonds. The Bertz CT molecular complexity index is 1100. The molecule has 6 heteroatoms. The number of rotatable bonds is 3. The van der Waals surface area contributed by atoms with Crippen LogP contribution in [0, 0.1) is 11.3 Å². The number of fused-ring (bicyclic) bond motifs is 1. The van der Waals surface area contributed by atoms with Crippen molar-refractivity contribution in [3.05, 3.63) is 64.1 Å². The van der Waals surface area contributed by atoms with Crippen molar-refractivity contribution in [2.24, 2.45) is 7.05 Å². The quantitative estimate of drug-likeness (QED) is 0.704. The average Bonchev–Trinajstić information content (AvgIpc) is 2.76. The van der Waals surface area contributed by atoms with Gasteiger partial charge in [0, 0.05) is 37.8 Å². The highest BCUT2D eigenvalue weighted by Gasteiger charge is 2.26. The topological polar surface area (TPSA) is 71.2 Å². The van der Waals surface area contributed by atoms with E-state index >= 15 is 0 Å². The van der Waals surface area contributed by atoms with Gasteiger partial charge in [-0.1, -0.05) is 24.3 Å². The first-order valence-corrected chi connectivity index (χ1v) is 9.40. The van der Waals surface area contributed by atoms with E-state index in [1.54, 1.807) is 18.7 Å². The smallest absolute Gasteiger partial charge is 0.270 e. The Balaban J connectivity index is 1.66. The van der Waals surface area contributed by atoms with Crippen LogP contribution in [0.3, 0.4) is 0 Å². The summed E-state index contributed by atoms with van der Waals surface area (Å²) in [6, 6.07) is 13.9. The molecule has 1 aliphatic rings. The molecule has 0 unspecified atom stereocenters. The summed E-state index contributed by atoms with van der Waals surface area (Å²) in [6.45, 7) is 1.59. The number of benzene rings is 1. The monoisotopic (exact) mass is 374 g/mol. The number of hydrogen-bond acceptors (Lipinski definition) is 5. The summed E-state index contributed by atoms with van der Waals surface area (Å²) >= 11 is 0. The second-order valence-electron chi connectivity index (χ2n) is 7.11. The first kappa shape index (κ1) is 18.1. The van der Waals surface area contributed by atoms with Crippen LogP contribution in [0.2, 0.25) is 0 Å². The maximum Gasteiger partial charge on any atom is 0.270 e. The van der Waals surface area contributed by atoms with Gasteiger partial charge in [-0.05, 0) is 30.4 Å². The Kier molecular flexibility index (Phi) is 4.74. The van der Waals surface area contributed by atoms with E-state index < -0.39 is 0 Å². The molecular weight excluding hydrogens is 352 g/mol. The van der Waals surface area contributed by atoms with Crippen molar-refractivity contribution < 1.29 is 4.74 Å². The van der Waals surface area contributed by atoms with Crippen LogP contribution < -0.4 is 15.2 Å². The van der Waals surface area contributed by atoms with E-state index in [-0.39, 0.29) is 11.1 Å². The van der Waals surface area contributed by atoms with Gasteiger partial charge in [-0.25, -0.2) is 4.98 Å². The molecule has 1 aromatic carbocycles. The summed E-state index contributed by atoms with van der Waals surface area (Å²) in [6.07, 6.45) is 3.78. The molecule has 142 valence electrons. The van der Waals surface area contributed by atoms with E-state index in [4.69, 9.17) is 4.74 Å². The Morgan fingerprint density at radius 1 is 1.18 bits per heavy atom. The normalized spacial score (nSPS) is 14.8. The van der Waals surface area contributed by atoms with Crippen molar-refractivity contribution in [1.82, 2.24) is 9.55 Å².